The van der Waals surface area contributed by atoms with Crippen molar-refractivity contribution in [2.24, 2.45) is 0 Å². The van der Waals surface area contributed by atoms with E-state index in [0.29, 0.717) is 36.1 Å². The minimum absolute atomic E-state index is 0.145. The van der Waals surface area contributed by atoms with Crippen LogP contribution < -0.4 is 18.5 Å². The van der Waals surface area contributed by atoms with Crippen LogP contribution in [-0.4, -0.2) is 34.8 Å². The molecule has 7 heteroatoms. The number of anilines is 1. The Hall–Kier alpha value is -3.19. The number of hydrogen-bond acceptors (Lipinski definition) is 5. The van der Waals surface area contributed by atoms with Gasteiger partial charge < -0.3 is 14.2 Å². The number of fused-ring (bicyclic) bond motifs is 1. The Bertz CT molecular complexity index is 1100. The van der Waals surface area contributed by atoms with E-state index in [2.05, 4.69) is 0 Å². The molecule has 1 aliphatic rings. The topological polar surface area (TPSA) is 65.1 Å². The van der Waals surface area contributed by atoms with Gasteiger partial charge in [0, 0.05) is 6.07 Å². The Morgan fingerprint density at radius 2 is 1.60 bits per heavy atom. The number of sulfonamides is 1. The molecule has 0 spiro atoms. The van der Waals surface area contributed by atoms with Crippen molar-refractivity contribution in [1.29, 1.82) is 0 Å². The van der Waals surface area contributed by atoms with Gasteiger partial charge in [-0.2, -0.15) is 0 Å². The third kappa shape index (κ3) is 4.36. The van der Waals surface area contributed by atoms with Gasteiger partial charge in [-0.3, -0.25) is 4.31 Å². The lowest BCUT2D eigenvalue weighted by Gasteiger charge is -2.26. The maximum absolute atomic E-state index is 13.5. The molecular weight excluding hydrogens is 402 g/mol. The summed E-state index contributed by atoms with van der Waals surface area (Å²) in [5.41, 5.74) is 1.63. The summed E-state index contributed by atoms with van der Waals surface area (Å²) in [6.07, 6.45) is 0. The van der Waals surface area contributed by atoms with Crippen molar-refractivity contribution >= 4 is 15.7 Å². The van der Waals surface area contributed by atoms with Crippen LogP contribution in [0.3, 0.4) is 0 Å². The van der Waals surface area contributed by atoms with Crippen molar-refractivity contribution in [3.05, 3.63) is 78.4 Å². The maximum atomic E-state index is 13.5. The lowest BCUT2D eigenvalue weighted by Crippen LogP contribution is -2.34. The maximum Gasteiger partial charge on any atom is 0.264 e. The highest BCUT2D eigenvalue weighted by molar-refractivity contribution is 7.92. The molecule has 0 atom stereocenters. The minimum atomic E-state index is -3.84. The highest BCUT2D eigenvalue weighted by atomic mass is 32.2. The van der Waals surface area contributed by atoms with Crippen molar-refractivity contribution in [2.45, 2.75) is 11.8 Å². The summed E-state index contributed by atoms with van der Waals surface area (Å²) in [5.74, 6) is 1.68. The van der Waals surface area contributed by atoms with E-state index in [1.807, 2.05) is 49.4 Å². The third-order valence-corrected chi connectivity index (χ3v) is 6.55. The molecule has 0 saturated heterocycles. The van der Waals surface area contributed by atoms with E-state index in [0.717, 1.165) is 5.56 Å². The summed E-state index contributed by atoms with van der Waals surface area (Å²) < 4.78 is 45.2. The van der Waals surface area contributed by atoms with Crippen LogP contribution in [0.15, 0.2) is 77.7 Å². The first-order chi connectivity index (χ1) is 14.5. The number of aryl methyl sites for hydroxylation is 1. The molecule has 4 rings (SSSR count). The molecule has 1 aliphatic heterocycles. The number of para-hydroxylation sites is 1. The quantitative estimate of drug-likeness (QED) is 0.572. The van der Waals surface area contributed by atoms with Gasteiger partial charge in [-0.15, -0.1) is 0 Å². The predicted octanol–water partition coefficient (Wildman–Crippen LogP) is 4.04. The number of benzene rings is 3. The van der Waals surface area contributed by atoms with Crippen LogP contribution in [0.1, 0.15) is 5.56 Å². The third-order valence-electron chi connectivity index (χ3n) is 4.73. The van der Waals surface area contributed by atoms with Gasteiger partial charge in [0.1, 0.15) is 25.6 Å². The van der Waals surface area contributed by atoms with E-state index < -0.39 is 10.0 Å². The van der Waals surface area contributed by atoms with Crippen molar-refractivity contribution in [3.8, 4) is 17.2 Å². The van der Waals surface area contributed by atoms with Crippen LogP contribution >= 0.6 is 0 Å². The molecule has 156 valence electrons. The standard InChI is InChI=1S/C23H23NO5S/c1-18-7-9-19(10-8-18)24(13-14-27-20-5-3-2-4-6-20)30(25,26)21-11-12-22-23(17-21)29-16-15-28-22/h2-12,17H,13-16H2,1H3. The second kappa shape index (κ2) is 8.67. The number of nitrogens with zero attached hydrogens (tertiary/aromatic N) is 1. The average Bonchev–Trinajstić information content (AvgIpc) is 2.78. The molecule has 0 bridgehead atoms. The first kappa shape index (κ1) is 20.1. The highest BCUT2D eigenvalue weighted by Crippen LogP contribution is 2.34. The fourth-order valence-electron chi connectivity index (χ4n) is 3.17. The number of hydrogen-bond donors (Lipinski definition) is 0. The van der Waals surface area contributed by atoms with Crippen LogP contribution in [0.4, 0.5) is 5.69 Å². The molecule has 0 radical (unpaired) electrons. The summed E-state index contributed by atoms with van der Waals surface area (Å²) in [6, 6.07) is 21.4. The lowest BCUT2D eigenvalue weighted by molar-refractivity contribution is 0.171. The van der Waals surface area contributed by atoms with Gasteiger partial charge in [-0.25, -0.2) is 8.42 Å². The molecule has 0 aromatic heterocycles. The summed E-state index contributed by atoms with van der Waals surface area (Å²) in [5, 5.41) is 0. The Balaban J connectivity index is 1.62. The minimum Gasteiger partial charge on any atom is -0.492 e. The first-order valence-corrected chi connectivity index (χ1v) is 11.1. The smallest absolute Gasteiger partial charge is 0.264 e. The zero-order chi connectivity index (χ0) is 21.0. The van der Waals surface area contributed by atoms with Crippen LogP contribution in [0.2, 0.25) is 0 Å². The van der Waals surface area contributed by atoms with E-state index in [1.54, 1.807) is 24.3 Å². The van der Waals surface area contributed by atoms with Crippen LogP contribution in [0.25, 0.3) is 0 Å². The second-order valence-corrected chi connectivity index (χ2v) is 8.74. The number of rotatable bonds is 7. The van der Waals surface area contributed by atoms with E-state index in [9.17, 15) is 8.42 Å². The molecule has 0 saturated carbocycles. The molecule has 0 amide bonds. The van der Waals surface area contributed by atoms with Crippen LogP contribution in [0, 0.1) is 6.92 Å². The van der Waals surface area contributed by atoms with Gasteiger partial charge in [-0.1, -0.05) is 35.9 Å². The van der Waals surface area contributed by atoms with Gasteiger partial charge in [0.15, 0.2) is 11.5 Å². The zero-order valence-corrected chi connectivity index (χ0v) is 17.5. The van der Waals surface area contributed by atoms with E-state index in [1.165, 1.54) is 10.4 Å². The molecule has 3 aromatic carbocycles. The second-order valence-electron chi connectivity index (χ2n) is 6.88. The Morgan fingerprint density at radius 1 is 0.900 bits per heavy atom. The van der Waals surface area contributed by atoms with Gasteiger partial charge >= 0.3 is 0 Å². The summed E-state index contributed by atoms with van der Waals surface area (Å²) >= 11 is 0. The van der Waals surface area contributed by atoms with Crippen molar-refractivity contribution in [1.82, 2.24) is 0 Å². The van der Waals surface area contributed by atoms with Gasteiger partial charge in [0.2, 0.25) is 0 Å². The number of ether oxygens (including phenoxy) is 3. The molecule has 30 heavy (non-hydrogen) atoms. The molecule has 0 unspecified atom stereocenters. The lowest BCUT2D eigenvalue weighted by atomic mass is 10.2. The van der Waals surface area contributed by atoms with E-state index in [-0.39, 0.29) is 18.0 Å². The molecule has 0 N–H and O–H groups in total. The Morgan fingerprint density at radius 3 is 2.33 bits per heavy atom. The van der Waals surface area contributed by atoms with Gasteiger partial charge in [-0.05, 0) is 43.3 Å². The Kier molecular flexibility index (Phi) is 5.81. The summed E-state index contributed by atoms with van der Waals surface area (Å²) in [7, 11) is -3.84. The molecule has 0 fully saturated rings. The molecule has 0 aliphatic carbocycles. The highest BCUT2D eigenvalue weighted by Gasteiger charge is 2.27. The van der Waals surface area contributed by atoms with Crippen molar-refractivity contribution in [2.75, 3.05) is 30.7 Å². The van der Waals surface area contributed by atoms with E-state index in [4.69, 9.17) is 14.2 Å². The fraction of sp³-hybridized carbons (Fsp3) is 0.217. The predicted molar refractivity (Wildman–Crippen MR) is 115 cm³/mol. The van der Waals surface area contributed by atoms with Gasteiger partial charge in [0.05, 0.1) is 17.1 Å². The monoisotopic (exact) mass is 425 g/mol. The molecule has 3 aromatic rings. The molecular formula is C23H23NO5S. The van der Waals surface area contributed by atoms with Crippen molar-refractivity contribution < 1.29 is 22.6 Å². The summed E-state index contributed by atoms with van der Waals surface area (Å²) in [6.45, 7) is 3.17. The normalized spacial score (nSPS) is 13.0. The van der Waals surface area contributed by atoms with Crippen LogP contribution in [0.5, 0.6) is 17.2 Å². The molecule has 6 nitrogen and oxygen atoms in total. The largest absolute Gasteiger partial charge is 0.492 e. The van der Waals surface area contributed by atoms with Crippen molar-refractivity contribution in [3.63, 3.8) is 0 Å². The summed E-state index contributed by atoms with van der Waals surface area (Å²) in [4.78, 5) is 0.145. The fourth-order valence-corrected chi connectivity index (χ4v) is 4.64. The van der Waals surface area contributed by atoms with E-state index >= 15 is 0 Å². The average molecular weight is 426 g/mol. The SMILES string of the molecule is Cc1ccc(N(CCOc2ccccc2)S(=O)(=O)c2ccc3c(c2)OCCO3)cc1. The van der Waals surface area contributed by atoms with Gasteiger partial charge in [0.25, 0.3) is 10.0 Å². The zero-order valence-electron chi connectivity index (χ0n) is 16.7. The molecule has 1 heterocycles. The first-order valence-electron chi connectivity index (χ1n) is 9.71. The Labute approximate surface area is 176 Å². The van der Waals surface area contributed by atoms with Crippen LogP contribution in [-0.2, 0) is 10.0 Å².